The molecule has 0 spiro atoms. The summed E-state index contributed by atoms with van der Waals surface area (Å²) in [6, 6.07) is 5.28. The third-order valence-electron chi connectivity index (χ3n) is 4.04. The first-order valence-corrected chi connectivity index (χ1v) is 8.50. The van der Waals surface area contributed by atoms with E-state index in [1.165, 1.54) is 0 Å². The molecule has 5 heteroatoms. The van der Waals surface area contributed by atoms with E-state index in [-0.39, 0.29) is 11.4 Å². The number of carbonyl (C=O) groups is 1. The van der Waals surface area contributed by atoms with E-state index < -0.39 is 0 Å². The molecule has 1 fully saturated rings. The van der Waals surface area contributed by atoms with Crippen LogP contribution in [0, 0.1) is 5.92 Å². The molecule has 0 unspecified atom stereocenters. The zero-order chi connectivity index (χ0) is 14.8. The normalized spacial score (nSPS) is 26.3. The molecule has 0 aromatic heterocycles. The number of hydrogen-bond acceptors (Lipinski definition) is 1. The minimum atomic E-state index is -0.295. The summed E-state index contributed by atoms with van der Waals surface area (Å²) < 4.78 is 0.837. The molecule has 2 nitrogen and oxygen atoms in total. The number of halogens is 3. The Balaban J connectivity index is 2.15. The summed E-state index contributed by atoms with van der Waals surface area (Å²) in [5.41, 5.74) is 0.195. The van der Waals surface area contributed by atoms with Crippen LogP contribution in [-0.2, 0) is 0 Å². The monoisotopic (exact) mass is 377 g/mol. The molecular formula is C15H18BrCl2NO. The maximum atomic E-state index is 12.5. The van der Waals surface area contributed by atoms with Gasteiger partial charge in [-0.15, -0.1) is 11.6 Å². The topological polar surface area (TPSA) is 29.1 Å². The van der Waals surface area contributed by atoms with Gasteiger partial charge in [0.05, 0.1) is 16.1 Å². The molecule has 1 N–H and O–H groups in total. The molecule has 0 radical (unpaired) electrons. The van der Waals surface area contributed by atoms with Crippen molar-refractivity contribution in [3.8, 4) is 0 Å². The molecule has 1 aliphatic rings. The number of nitrogens with one attached hydrogen (secondary N) is 1. The largest absolute Gasteiger partial charge is 0.345 e. The smallest absolute Gasteiger partial charge is 0.253 e. The second kappa shape index (κ2) is 6.67. The first kappa shape index (κ1) is 16.1. The summed E-state index contributed by atoms with van der Waals surface area (Å²) in [5.74, 6) is 1.00. The molecule has 1 aromatic rings. The maximum absolute atomic E-state index is 12.5. The van der Waals surface area contributed by atoms with Gasteiger partial charge < -0.3 is 5.32 Å². The van der Waals surface area contributed by atoms with Gasteiger partial charge in [0.1, 0.15) is 0 Å². The Morgan fingerprint density at radius 2 is 2.10 bits per heavy atom. The van der Waals surface area contributed by atoms with Crippen molar-refractivity contribution in [2.75, 3.05) is 5.88 Å². The molecule has 0 heterocycles. The predicted molar refractivity (Wildman–Crippen MR) is 87.7 cm³/mol. The summed E-state index contributed by atoms with van der Waals surface area (Å²) in [6.45, 7) is 2.24. The van der Waals surface area contributed by atoms with Gasteiger partial charge in [-0.2, -0.15) is 0 Å². The van der Waals surface area contributed by atoms with E-state index in [2.05, 4.69) is 28.2 Å². The van der Waals surface area contributed by atoms with Crippen molar-refractivity contribution in [2.45, 2.75) is 38.1 Å². The van der Waals surface area contributed by atoms with E-state index in [1.54, 1.807) is 12.1 Å². The van der Waals surface area contributed by atoms with Crippen molar-refractivity contribution < 1.29 is 4.79 Å². The van der Waals surface area contributed by atoms with E-state index in [4.69, 9.17) is 23.2 Å². The predicted octanol–water partition coefficient (Wildman–Crippen LogP) is 5.02. The van der Waals surface area contributed by atoms with Crippen LogP contribution in [0.4, 0.5) is 0 Å². The number of rotatable bonds is 3. The van der Waals surface area contributed by atoms with Crippen LogP contribution in [-0.4, -0.2) is 17.3 Å². The lowest BCUT2D eigenvalue weighted by Crippen LogP contribution is -2.52. The van der Waals surface area contributed by atoms with Gasteiger partial charge in [-0.05, 0) is 49.8 Å². The highest BCUT2D eigenvalue weighted by Gasteiger charge is 2.35. The van der Waals surface area contributed by atoms with Crippen LogP contribution in [0.5, 0.6) is 0 Å². The van der Waals surface area contributed by atoms with Gasteiger partial charge in [-0.1, -0.05) is 34.5 Å². The van der Waals surface area contributed by atoms with Gasteiger partial charge in [0, 0.05) is 10.4 Å². The van der Waals surface area contributed by atoms with Crippen LogP contribution >= 0.6 is 39.1 Å². The van der Waals surface area contributed by atoms with Crippen LogP contribution < -0.4 is 5.32 Å². The third kappa shape index (κ3) is 3.69. The molecule has 0 saturated heterocycles. The van der Waals surface area contributed by atoms with Gasteiger partial charge in [-0.25, -0.2) is 0 Å². The Morgan fingerprint density at radius 1 is 1.45 bits per heavy atom. The van der Waals surface area contributed by atoms with Crippen LogP contribution in [0.15, 0.2) is 22.7 Å². The first-order chi connectivity index (χ1) is 9.46. The summed E-state index contributed by atoms with van der Waals surface area (Å²) in [7, 11) is 0. The fourth-order valence-corrected chi connectivity index (χ4v) is 3.48. The molecule has 110 valence electrons. The van der Waals surface area contributed by atoms with Crippen molar-refractivity contribution in [3.05, 3.63) is 33.3 Å². The van der Waals surface area contributed by atoms with Crippen molar-refractivity contribution >= 4 is 45.0 Å². The summed E-state index contributed by atoms with van der Waals surface area (Å²) >= 11 is 15.6. The summed E-state index contributed by atoms with van der Waals surface area (Å²) in [6.07, 6.45) is 4.04. The quantitative estimate of drug-likeness (QED) is 0.735. The standard InChI is InChI=1S/C15H18BrCl2NO/c1-10-4-6-15(9-17,7-5-10)19-14(20)12-8-11(16)2-3-13(12)18/h2-3,8,10H,4-7,9H2,1H3,(H,19,20). The highest BCUT2D eigenvalue weighted by atomic mass is 79.9. The molecule has 1 amide bonds. The number of alkyl halides is 1. The lowest BCUT2D eigenvalue weighted by atomic mass is 9.78. The average Bonchev–Trinajstić information content (AvgIpc) is 2.44. The molecule has 2 rings (SSSR count). The zero-order valence-electron chi connectivity index (χ0n) is 11.4. The number of benzene rings is 1. The van der Waals surface area contributed by atoms with E-state index >= 15 is 0 Å². The van der Waals surface area contributed by atoms with Gasteiger partial charge >= 0.3 is 0 Å². The van der Waals surface area contributed by atoms with Crippen LogP contribution in [0.25, 0.3) is 0 Å². The first-order valence-electron chi connectivity index (χ1n) is 6.79. The number of carbonyl (C=O) groups excluding carboxylic acids is 1. The van der Waals surface area contributed by atoms with E-state index in [9.17, 15) is 4.79 Å². The maximum Gasteiger partial charge on any atom is 0.253 e. The molecule has 1 saturated carbocycles. The van der Waals surface area contributed by atoms with Crippen molar-refractivity contribution in [2.24, 2.45) is 5.92 Å². The Morgan fingerprint density at radius 3 is 2.70 bits per heavy atom. The van der Waals surface area contributed by atoms with Crippen LogP contribution in [0.1, 0.15) is 43.0 Å². The zero-order valence-corrected chi connectivity index (χ0v) is 14.5. The van der Waals surface area contributed by atoms with Crippen molar-refractivity contribution in [3.63, 3.8) is 0 Å². The molecule has 1 aromatic carbocycles. The van der Waals surface area contributed by atoms with E-state index in [0.717, 1.165) is 30.2 Å². The van der Waals surface area contributed by atoms with Crippen LogP contribution in [0.2, 0.25) is 5.02 Å². The third-order valence-corrected chi connectivity index (χ3v) is 5.37. The molecule has 0 bridgehead atoms. The van der Waals surface area contributed by atoms with Gasteiger partial charge in [0.25, 0.3) is 5.91 Å². The van der Waals surface area contributed by atoms with Crippen molar-refractivity contribution in [1.82, 2.24) is 5.32 Å². The Hall–Kier alpha value is -0.250. The van der Waals surface area contributed by atoms with Gasteiger partial charge in [-0.3, -0.25) is 4.79 Å². The Kier molecular flexibility index (Phi) is 5.38. The average molecular weight is 379 g/mol. The number of hydrogen-bond donors (Lipinski definition) is 1. The van der Waals surface area contributed by atoms with Crippen molar-refractivity contribution in [1.29, 1.82) is 0 Å². The summed E-state index contributed by atoms with van der Waals surface area (Å²) in [4.78, 5) is 12.5. The molecular weight excluding hydrogens is 361 g/mol. The Bertz CT molecular complexity index is 499. The SMILES string of the molecule is CC1CCC(CCl)(NC(=O)c2cc(Br)ccc2Cl)CC1. The summed E-state index contributed by atoms with van der Waals surface area (Å²) in [5, 5.41) is 3.57. The van der Waals surface area contributed by atoms with Gasteiger partial charge in [0.15, 0.2) is 0 Å². The molecule has 0 atom stereocenters. The minimum Gasteiger partial charge on any atom is -0.345 e. The molecule has 0 aliphatic heterocycles. The highest BCUT2D eigenvalue weighted by molar-refractivity contribution is 9.10. The fraction of sp³-hybridized carbons (Fsp3) is 0.533. The van der Waals surface area contributed by atoms with Gasteiger partial charge in [0.2, 0.25) is 0 Å². The number of amides is 1. The fourth-order valence-electron chi connectivity index (χ4n) is 2.59. The second-order valence-electron chi connectivity index (χ2n) is 5.67. The molecule has 20 heavy (non-hydrogen) atoms. The Labute approximate surface area is 138 Å². The lowest BCUT2D eigenvalue weighted by molar-refractivity contribution is 0.0872. The highest BCUT2D eigenvalue weighted by Crippen LogP contribution is 2.33. The molecule has 1 aliphatic carbocycles. The second-order valence-corrected chi connectivity index (χ2v) is 7.26. The van der Waals surface area contributed by atoms with Crippen LogP contribution in [0.3, 0.4) is 0 Å². The van der Waals surface area contributed by atoms with E-state index in [1.807, 2.05) is 6.07 Å². The minimum absolute atomic E-state index is 0.147. The lowest BCUT2D eigenvalue weighted by Gasteiger charge is -2.38. The van der Waals surface area contributed by atoms with E-state index in [0.29, 0.717) is 22.4 Å².